The van der Waals surface area contributed by atoms with Gasteiger partial charge in [-0.25, -0.2) is 0 Å². The van der Waals surface area contributed by atoms with Gasteiger partial charge in [0.2, 0.25) is 0 Å². The van der Waals surface area contributed by atoms with Gasteiger partial charge in [0.05, 0.1) is 0 Å². The van der Waals surface area contributed by atoms with Crippen molar-refractivity contribution < 1.29 is 5.11 Å². The van der Waals surface area contributed by atoms with Crippen LogP contribution in [0.25, 0.3) is 0 Å². The molecular formula is C10H12BrNO. The molecule has 0 spiro atoms. The Bertz CT molecular complexity index is 310. The maximum absolute atomic E-state index is 9.16. The van der Waals surface area contributed by atoms with Crippen LogP contribution in [0, 0.1) is 5.41 Å². The second-order valence-corrected chi connectivity index (χ2v) is 4.76. The largest absolute Gasteiger partial charge is 0.396 e. The SMILES string of the molecule is OCC1(Cc2cncc(Br)c2)CC1. The fourth-order valence-electron chi connectivity index (χ4n) is 1.55. The van der Waals surface area contributed by atoms with E-state index in [2.05, 4.69) is 27.0 Å². The van der Waals surface area contributed by atoms with Gasteiger partial charge in [0, 0.05) is 23.5 Å². The summed E-state index contributed by atoms with van der Waals surface area (Å²) in [7, 11) is 0. The van der Waals surface area contributed by atoms with Crippen molar-refractivity contribution in [2.75, 3.05) is 6.61 Å². The molecule has 2 rings (SSSR count). The summed E-state index contributed by atoms with van der Waals surface area (Å²) in [5, 5.41) is 9.16. The maximum Gasteiger partial charge on any atom is 0.0490 e. The van der Waals surface area contributed by atoms with Crippen molar-refractivity contribution in [3.63, 3.8) is 0 Å². The Hall–Kier alpha value is -0.410. The van der Waals surface area contributed by atoms with Crippen molar-refractivity contribution in [2.45, 2.75) is 19.3 Å². The molecule has 2 nitrogen and oxygen atoms in total. The highest BCUT2D eigenvalue weighted by atomic mass is 79.9. The average molecular weight is 242 g/mol. The first-order valence-corrected chi connectivity index (χ1v) is 5.24. The van der Waals surface area contributed by atoms with E-state index in [-0.39, 0.29) is 5.41 Å². The van der Waals surface area contributed by atoms with E-state index in [9.17, 15) is 0 Å². The molecule has 1 aromatic heterocycles. The lowest BCUT2D eigenvalue weighted by Gasteiger charge is -2.10. The number of nitrogens with zero attached hydrogens (tertiary/aromatic N) is 1. The molecular weight excluding hydrogens is 230 g/mol. The molecule has 0 bridgehead atoms. The van der Waals surface area contributed by atoms with Gasteiger partial charge >= 0.3 is 0 Å². The zero-order valence-corrected chi connectivity index (χ0v) is 8.92. The lowest BCUT2D eigenvalue weighted by molar-refractivity contribution is 0.211. The second kappa shape index (κ2) is 3.39. The monoisotopic (exact) mass is 241 g/mol. The first-order valence-electron chi connectivity index (χ1n) is 4.44. The van der Waals surface area contributed by atoms with Crippen molar-refractivity contribution in [3.8, 4) is 0 Å². The van der Waals surface area contributed by atoms with Crippen LogP contribution in [0.15, 0.2) is 22.9 Å². The minimum atomic E-state index is 0.183. The fraction of sp³-hybridized carbons (Fsp3) is 0.500. The first kappa shape index (κ1) is 9.16. The molecule has 0 amide bonds. The molecule has 0 aliphatic heterocycles. The quantitative estimate of drug-likeness (QED) is 0.880. The Labute approximate surface area is 86.1 Å². The van der Waals surface area contributed by atoms with E-state index in [0.29, 0.717) is 6.61 Å². The Morgan fingerprint density at radius 3 is 2.77 bits per heavy atom. The van der Waals surface area contributed by atoms with Crippen LogP contribution in [-0.4, -0.2) is 16.7 Å². The minimum absolute atomic E-state index is 0.183. The summed E-state index contributed by atoms with van der Waals surface area (Å²) in [5.41, 5.74) is 1.39. The van der Waals surface area contributed by atoms with Crippen molar-refractivity contribution in [1.29, 1.82) is 0 Å². The third kappa shape index (κ3) is 2.09. The van der Waals surface area contributed by atoms with Crippen LogP contribution in [0.5, 0.6) is 0 Å². The normalized spacial score (nSPS) is 18.6. The Morgan fingerprint density at radius 2 is 2.23 bits per heavy atom. The van der Waals surface area contributed by atoms with Crippen molar-refractivity contribution in [1.82, 2.24) is 4.98 Å². The number of hydrogen-bond acceptors (Lipinski definition) is 2. The highest BCUT2D eigenvalue weighted by Crippen LogP contribution is 2.47. The van der Waals surface area contributed by atoms with E-state index in [4.69, 9.17) is 5.11 Å². The first-order chi connectivity index (χ1) is 6.24. The van der Waals surface area contributed by atoms with Gasteiger partial charge < -0.3 is 5.11 Å². The molecule has 70 valence electrons. The van der Waals surface area contributed by atoms with E-state index in [1.165, 1.54) is 5.56 Å². The summed E-state index contributed by atoms with van der Waals surface area (Å²) in [5.74, 6) is 0. The van der Waals surface area contributed by atoms with Crippen LogP contribution in [-0.2, 0) is 6.42 Å². The number of halogens is 1. The molecule has 0 radical (unpaired) electrons. The number of rotatable bonds is 3. The molecule has 0 saturated heterocycles. The third-order valence-electron chi connectivity index (χ3n) is 2.63. The van der Waals surface area contributed by atoms with Crippen molar-refractivity contribution in [3.05, 3.63) is 28.5 Å². The van der Waals surface area contributed by atoms with E-state index >= 15 is 0 Å². The van der Waals surface area contributed by atoms with Crippen molar-refractivity contribution in [2.24, 2.45) is 5.41 Å². The van der Waals surface area contributed by atoms with Gasteiger partial charge in [0.25, 0.3) is 0 Å². The average Bonchev–Trinajstić information content (AvgIpc) is 2.86. The molecule has 0 atom stereocenters. The molecule has 13 heavy (non-hydrogen) atoms. The number of hydrogen-bond donors (Lipinski definition) is 1. The summed E-state index contributed by atoms with van der Waals surface area (Å²) in [6.07, 6.45) is 6.91. The maximum atomic E-state index is 9.16. The predicted molar refractivity (Wildman–Crippen MR) is 54.4 cm³/mol. The lowest BCUT2D eigenvalue weighted by Crippen LogP contribution is -2.10. The Balaban J connectivity index is 2.09. The molecule has 0 unspecified atom stereocenters. The second-order valence-electron chi connectivity index (χ2n) is 3.85. The molecule has 1 heterocycles. The van der Waals surface area contributed by atoms with Crippen LogP contribution in [0.4, 0.5) is 0 Å². The molecule has 1 saturated carbocycles. The summed E-state index contributed by atoms with van der Waals surface area (Å²) < 4.78 is 1.01. The summed E-state index contributed by atoms with van der Waals surface area (Å²) in [6, 6.07) is 2.07. The van der Waals surface area contributed by atoms with Gasteiger partial charge in [-0.15, -0.1) is 0 Å². The van der Waals surface area contributed by atoms with Crippen LogP contribution in [0.1, 0.15) is 18.4 Å². The molecule has 1 N–H and O–H groups in total. The van der Waals surface area contributed by atoms with Gasteiger partial charge in [0.15, 0.2) is 0 Å². The minimum Gasteiger partial charge on any atom is -0.396 e. The Morgan fingerprint density at radius 1 is 1.46 bits per heavy atom. The molecule has 1 aromatic rings. The topological polar surface area (TPSA) is 33.1 Å². The number of aliphatic hydroxyl groups is 1. The van der Waals surface area contributed by atoms with Gasteiger partial charge in [-0.05, 0) is 52.2 Å². The van der Waals surface area contributed by atoms with Crippen LogP contribution >= 0.6 is 15.9 Å². The van der Waals surface area contributed by atoms with Crippen LogP contribution < -0.4 is 0 Å². The molecule has 3 heteroatoms. The molecule has 1 aliphatic carbocycles. The summed E-state index contributed by atoms with van der Waals surface area (Å²) >= 11 is 3.39. The zero-order valence-electron chi connectivity index (χ0n) is 7.33. The molecule has 0 aromatic carbocycles. The highest BCUT2D eigenvalue weighted by Gasteiger charge is 2.41. The van der Waals surface area contributed by atoms with Crippen LogP contribution in [0.2, 0.25) is 0 Å². The lowest BCUT2D eigenvalue weighted by atomic mass is 9.99. The van der Waals surface area contributed by atoms with Gasteiger partial charge in [-0.2, -0.15) is 0 Å². The van der Waals surface area contributed by atoms with E-state index in [1.54, 1.807) is 6.20 Å². The standard InChI is InChI=1S/C10H12BrNO/c11-9-3-8(5-12-6-9)4-10(7-13)1-2-10/h3,5-6,13H,1-2,4,7H2. The van der Waals surface area contributed by atoms with Crippen molar-refractivity contribution >= 4 is 15.9 Å². The molecule has 1 fully saturated rings. The van der Waals surface area contributed by atoms with Gasteiger partial charge in [0.1, 0.15) is 0 Å². The van der Waals surface area contributed by atoms with Gasteiger partial charge in [-0.1, -0.05) is 0 Å². The smallest absolute Gasteiger partial charge is 0.0490 e. The zero-order chi connectivity index (χ0) is 9.31. The third-order valence-corrected chi connectivity index (χ3v) is 3.07. The Kier molecular flexibility index (Phi) is 2.39. The molecule has 1 aliphatic rings. The summed E-state index contributed by atoms with van der Waals surface area (Å²) in [6.45, 7) is 0.305. The van der Waals surface area contributed by atoms with E-state index in [0.717, 1.165) is 23.7 Å². The number of aromatic nitrogens is 1. The predicted octanol–water partition coefficient (Wildman–Crippen LogP) is 2.16. The van der Waals surface area contributed by atoms with E-state index in [1.807, 2.05) is 6.20 Å². The fourth-order valence-corrected chi connectivity index (χ4v) is 1.97. The van der Waals surface area contributed by atoms with E-state index < -0.39 is 0 Å². The van der Waals surface area contributed by atoms with Crippen LogP contribution in [0.3, 0.4) is 0 Å². The summed E-state index contributed by atoms with van der Waals surface area (Å²) in [4.78, 5) is 4.10. The van der Waals surface area contributed by atoms with Gasteiger partial charge in [-0.3, -0.25) is 4.98 Å². The number of pyridine rings is 1. The number of aliphatic hydroxyl groups excluding tert-OH is 1. The highest BCUT2D eigenvalue weighted by molar-refractivity contribution is 9.10.